The summed E-state index contributed by atoms with van der Waals surface area (Å²) in [5.74, 6) is -0.0632. The van der Waals surface area contributed by atoms with Crippen molar-refractivity contribution in [2.24, 2.45) is 0 Å². The van der Waals surface area contributed by atoms with Gasteiger partial charge in [-0.3, -0.25) is 9.52 Å². The van der Waals surface area contributed by atoms with Crippen molar-refractivity contribution in [3.8, 4) is 0 Å². The second-order valence-corrected chi connectivity index (χ2v) is 9.43. The number of anilines is 2. The van der Waals surface area contributed by atoms with E-state index in [-0.39, 0.29) is 11.0 Å². The number of ketones is 1. The summed E-state index contributed by atoms with van der Waals surface area (Å²) < 4.78 is 25.4. The highest BCUT2D eigenvalue weighted by Gasteiger charge is 2.19. The molecule has 134 valence electrons. The third kappa shape index (κ3) is 6.15. The Labute approximate surface area is 155 Å². The second-order valence-electron chi connectivity index (χ2n) is 5.12. The highest BCUT2D eigenvalue weighted by Crippen LogP contribution is 2.30. The molecule has 1 aromatic carbocycles. The molecule has 1 atom stereocenters. The number of carbonyl (C=O) groups excluding carboxylic acids is 1. The predicted octanol–water partition coefficient (Wildman–Crippen LogP) is 2.87. The van der Waals surface area contributed by atoms with E-state index in [1.54, 1.807) is 37.3 Å². The Hall–Kier alpha value is -1.91. The number of nitrogens with one attached hydrogen (secondary N) is 2. The zero-order valence-electron chi connectivity index (χ0n) is 13.7. The van der Waals surface area contributed by atoms with Crippen LogP contribution < -0.4 is 10.0 Å². The van der Waals surface area contributed by atoms with Crippen LogP contribution in [0.5, 0.6) is 0 Å². The lowest BCUT2D eigenvalue weighted by Gasteiger charge is -2.09. The van der Waals surface area contributed by atoms with Crippen molar-refractivity contribution in [3.05, 3.63) is 42.5 Å². The number of rotatable bonds is 9. The SMILES string of the molecule is C=CCNc1nnc(SC(C)C(=O)c2ccc(NS(C)(=O)=O)cc2)s1. The molecule has 0 spiro atoms. The monoisotopic (exact) mass is 398 g/mol. The Kier molecular flexibility index (Phi) is 6.57. The highest BCUT2D eigenvalue weighted by atomic mass is 32.2. The fraction of sp³-hybridized carbons (Fsp3) is 0.267. The zero-order valence-corrected chi connectivity index (χ0v) is 16.2. The maximum absolute atomic E-state index is 12.5. The molecule has 2 aromatic rings. The van der Waals surface area contributed by atoms with Gasteiger partial charge >= 0.3 is 0 Å². The van der Waals surface area contributed by atoms with Crippen LogP contribution in [0.15, 0.2) is 41.3 Å². The lowest BCUT2D eigenvalue weighted by atomic mass is 10.1. The van der Waals surface area contributed by atoms with Gasteiger partial charge < -0.3 is 5.32 Å². The average Bonchev–Trinajstić information content (AvgIpc) is 2.98. The average molecular weight is 399 g/mol. The summed E-state index contributed by atoms with van der Waals surface area (Å²) in [6.07, 6.45) is 2.80. The van der Waals surface area contributed by atoms with E-state index in [2.05, 4.69) is 26.8 Å². The third-order valence-electron chi connectivity index (χ3n) is 2.92. The summed E-state index contributed by atoms with van der Waals surface area (Å²) in [5.41, 5.74) is 0.926. The number of thioether (sulfide) groups is 1. The number of aromatic nitrogens is 2. The lowest BCUT2D eigenvalue weighted by molar-refractivity contribution is 0.0994. The van der Waals surface area contributed by atoms with E-state index in [9.17, 15) is 13.2 Å². The summed E-state index contributed by atoms with van der Waals surface area (Å²) in [6.45, 7) is 6.02. The molecule has 10 heteroatoms. The van der Waals surface area contributed by atoms with E-state index in [0.717, 1.165) is 6.26 Å². The van der Waals surface area contributed by atoms with Gasteiger partial charge in [0.05, 0.1) is 11.5 Å². The summed E-state index contributed by atoms with van der Waals surface area (Å²) in [4.78, 5) is 12.5. The number of hydrogen-bond acceptors (Lipinski definition) is 8. The molecule has 1 heterocycles. The van der Waals surface area contributed by atoms with Crippen molar-refractivity contribution in [1.29, 1.82) is 0 Å². The summed E-state index contributed by atoms with van der Waals surface area (Å²) in [7, 11) is -3.34. The summed E-state index contributed by atoms with van der Waals surface area (Å²) in [5, 5.41) is 11.4. The molecule has 0 saturated heterocycles. The molecule has 25 heavy (non-hydrogen) atoms. The van der Waals surface area contributed by atoms with Gasteiger partial charge in [-0.2, -0.15) is 0 Å². The minimum Gasteiger partial charge on any atom is -0.357 e. The largest absolute Gasteiger partial charge is 0.357 e. The fourth-order valence-corrected chi connectivity index (χ4v) is 4.39. The Balaban J connectivity index is 1.99. The lowest BCUT2D eigenvalue weighted by Crippen LogP contribution is -2.14. The molecule has 1 aromatic heterocycles. The fourth-order valence-electron chi connectivity index (χ4n) is 1.84. The van der Waals surface area contributed by atoms with E-state index in [1.165, 1.54) is 23.1 Å². The van der Waals surface area contributed by atoms with Gasteiger partial charge in [0, 0.05) is 17.8 Å². The second kappa shape index (κ2) is 8.45. The van der Waals surface area contributed by atoms with Crippen LogP contribution in [0, 0.1) is 0 Å². The van der Waals surface area contributed by atoms with Crippen molar-refractivity contribution in [3.63, 3.8) is 0 Å². The van der Waals surface area contributed by atoms with Gasteiger partial charge in [-0.15, -0.1) is 16.8 Å². The predicted molar refractivity (Wildman–Crippen MR) is 103 cm³/mol. The van der Waals surface area contributed by atoms with Gasteiger partial charge in [0.15, 0.2) is 10.1 Å². The van der Waals surface area contributed by atoms with E-state index in [4.69, 9.17) is 0 Å². The Bertz CT molecular complexity index is 847. The van der Waals surface area contributed by atoms with Gasteiger partial charge in [0.25, 0.3) is 0 Å². The smallest absolute Gasteiger partial charge is 0.229 e. The van der Waals surface area contributed by atoms with Crippen LogP contribution in [0.25, 0.3) is 0 Å². The number of nitrogens with zero attached hydrogens (tertiary/aromatic N) is 2. The zero-order chi connectivity index (χ0) is 18.4. The Morgan fingerprint density at radius 1 is 1.36 bits per heavy atom. The minimum absolute atomic E-state index is 0.0632. The van der Waals surface area contributed by atoms with Crippen LogP contribution >= 0.6 is 23.1 Å². The number of sulfonamides is 1. The van der Waals surface area contributed by atoms with E-state index in [1.807, 2.05) is 0 Å². The van der Waals surface area contributed by atoms with Crippen molar-refractivity contribution < 1.29 is 13.2 Å². The van der Waals surface area contributed by atoms with Crippen LogP contribution in [0.2, 0.25) is 0 Å². The molecular formula is C15H18N4O3S3. The van der Waals surface area contributed by atoms with Crippen molar-refractivity contribution in [2.75, 3.05) is 22.8 Å². The number of Topliss-reactive ketones (excluding diaryl/α,β-unsaturated/α-hetero) is 1. The summed E-state index contributed by atoms with van der Waals surface area (Å²) >= 11 is 2.71. The molecule has 0 aliphatic rings. The first-order chi connectivity index (χ1) is 11.8. The first-order valence-corrected chi connectivity index (χ1v) is 10.8. The van der Waals surface area contributed by atoms with E-state index in [0.29, 0.717) is 27.3 Å². The van der Waals surface area contributed by atoms with Crippen molar-refractivity contribution in [2.45, 2.75) is 16.5 Å². The molecule has 0 aliphatic carbocycles. The highest BCUT2D eigenvalue weighted by molar-refractivity contribution is 8.02. The van der Waals surface area contributed by atoms with Crippen LogP contribution in [-0.2, 0) is 10.0 Å². The van der Waals surface area contributed by atoms with E-state index < -0.39 is 10.0 Å². The molecule has 2 N–H and O–H groups in total. The van der Waals surface area contributed by atoms with Crippen molar-refractivity contribution >= 4 is 49.7 Å². The Morgan fingerprint density at radius 2 is 2.04 bits per heavy atom. The van der Waals surface area contributed by atoms with Crippen LogP contribution in [0.1, 0.15) is 17.3 Å². The third-order valence-corrected chi connectivity index (χ3v) is 5.60. The van der Waals surface area contributed by atoms with Gasteiger partial charge in [-0.05, 0) is 31.2 Å². The molecule has 0 bridgehead atoms. The molecule has 7 nitrogen and oxygen atoms in total. The summed E-state index contributed by atoms with van der Waals surface area (Å²) in [6, 6.07) is 6.33. The quantitative estimate of drug-likeness (QED) is 0.380. The van der Waals surface area contributed by atoms with Gasteiger partial charge in [0.1, 0.15) is 0 Å². The van der Waals surface area contributed by atoms with Crippen LogP contribution in [0.4, 0.5) is 10.8 Å². The first-order valence-electron chi connectivity index (χ1n) is 7.25. The first kappa shape index (κ1) is 19.4. The molecule has 0 aliphatic heterocycles. The maximum atomic E-state index is 12.5. The topological polar surface area (TPSA) is 101 Å². The number of benzene rings is 1. The molecule has 1 unspecified atom stereocenters. The molecule has 0 fully saturated rings. The molecule has 2 rings (SSSR count). The standard InChI is InChI=1S/C15H18N4O3S3/c1-4-9-16-14-17-18-15(24-14)23-10(2)13(20)11-5-7-12(8-6-11)19-25(3,21)22/h4-8,10,19H,1,9H2,2-3H3,(H,16,17). The van der Waals surface area contributed by atoms with Gasteiger partial charge in [-0.1, -0.05) is 29.2 Å². The molecule has 0 saturated carbocycles. The number of hydrogen-bond donors (Lipinski definition) is 2. The van der Waals surface area contributed by atoms with E-state index >= 15 is 0 Å². The molecular weight excluding hydrogens is 380 g/mol. The van der Waals surface area contributed by atoms with Gasteiger partial charge in [-0.25, -0.2) is 8.42 Å². The minimum atomic E-state index is -3.34. The van der Waals surface area contributed by atoms with Crippen LogP contribution in [-0.4, -0.2) is 42.4 Å². The normalized spacial score (nSPS) is 12.4. The molecule has 0 amide bonds. The van der Waals surface area contributed by atoms with Gasteiger partial charge in [0.2, 0.25) is 15.2 Å². The maximum Gasteiger partial charge on any atom is 0.229 e. The molecule has 0 radical (unpaired) electrons. The number of carbonyl (C=O) groups is 1. The van der Waals surface area contributed by atoms with Crippen LogP contribution in [0.3, 0.4) is 0 Å². The Morgan fingerprint density at radius 3 is 2.64 bits per heavy atom. The van der Waals surface area contributed by atoms with Crippen molar-refractivity contribution in [1.82, 2.24) is 10.2 Å².